The molecule has 1 aromatic heterocycles. The Morgan fingerprint density at radius 1 is 1.69 bits per heavy atom. The lowest BCUT2D eigenvalue weighted by Crippen LogP contribution is -1.95. The van der Waals surface area contributed by atoms with Crippen LogP contribution in [0.3, 0.4) is 0 Å². The van der Waals surface area contributed by atoms with Crippen molar-refractivity contribution in [2.45, 2.75) is 25.4 Å². The van der Waals surface area contributed by atoms with Gasteiger partial charge in [0.05, 0.1) is 5.69 Å². The van der Waals surface area contributed by atoms with Gasteiger partial charge < -0.3 is 4.74 Å². The standard InChI is InChI=1S/C9H13NOS2/c12-5-3-7-6-13-9(10-7)8-2-1-4-11-8/h6,8,12H,1-5H2. The highest BCUT2D eigenvalue weighted by atomic mass is 32.1. The minimum absolute atomic E-state index is 0.277. The molecule has 1 fully saturated rings. The Hall–Kier alpha value is -0.0600. The third-order valence-corrected chi connectivity index (χ3v) is 3.35. The van der Waals surface area contributed by atoms with Crippen molar-refractivity contribution in [3.05, 3.63) is 16.1 Å². The number of nitrogens with zero attached hydrogens (tertiary/aromatic N) is 1. The summed E-state index contributed by atoms with van der Waals surface area (Å²) in [6, 6.07) is 0. The van der Waals surface area contributed by atoms with Gasteiger partial charge in [-0.25, -0.2) is 4.98 Å². The number of hydrogen-bond acceptors (Lipinski definition) is 4. The van der Waals surface area contributed by atoms with Crippen molar-refractivity contribution < 1.29 is 4.74 Å². The molecule has 1 unspecified atom stereocenters. The predicted octanol–water partition coefficient (Wildman–Crippen LogP) is 2.47. The van der Waals surface area contributed by atoms with E-state index in [1.54, 1.807) is 11.3 Å². The molecule has 0 radical (unpaired) electrons. The molecule has 1 aromatic rings. The summed E-state index contributed by atoms with van der Waals surface area (Å²) in [4.78, 5) is 4.53. The van der Waals surface area contributed by atoms with E-state index in [9.17, 15) is 0 Å². The lowest BCUT2D eigenvalue weighted by molar-refractivity contribution is 0.111. The van der Waals surface area contributed by atoms with Crippen molar-refractivity contribution in [1.82, 2.24) is 4.98 Å². The van der Waals surface area contributed by atoms with E-state index in [1.807, 2.05) is 0 Å². The van der Waals surface area contributed by atoms with Gasteiger partial charge in [-0.2, -0.15) is 12.6 Å². The van der Waals surface area contributed by atoms with Crippen molar-refractivity contribution in [1.29, 1.82) is 0 Å². The lowest BCUT2D eigenvalue weighted by atomic mass is 10.2. The molecule has 1 atom stereocenters. The molecule has 0 N–H and O–H groups in total. The van der Waals surface area contributed by atoms with Crippen molar-refractivity contribution in [2.75, 3.05) is 12.4 Å². The summed E-state index contributed by atoms with van der Waals surface area (Å²) in [6.45, 7) is 0.895. The SMILES string of the molecule is SCCc1csc(C2CCCO2)n1. The van der Waals surface area contributed by atoms with Crippen LogP contribution in [0, 0.1) is 0 Å². The van der Waals surface area contributed by atoms with E-state index in [-0.39, 0.29) is 6.10 Å². The minimum atomic E-state index is 0.277. The van der Waals surface area contributed by atoms with Crippen LogP contribution in [0.5, 0.6) is 0 Å². The van der Waals surface area contributed by atoms with E-state index in [0.29, 0.717) is 0 Å². The second kappa shape index (κ2) is 4.44. The number of thiazole rings is 1. The summed E-state index contributed by atoms with van der Waals surface area (Å²) < 4.78 is 5.56. The van der Waals surface area contributed by atoms with Gasteiger partial charge in [-0.1, -0.05) is 0 Å². The fourth-order valence-corrected chi connectivity index (χ4v) is 2.64. The topological polar surface area (TPSA) is 22.1 Å². The normalized spacial score (nSPS) is 22.4. The first-order chi connectivity index (χ1) is 6.40. The third-order valence-electron chi connectivity index (χ3n) is 2.14. The van der Waals surface area contributed by atoms with Crippen LogP contribution in [0.25, 0.3) is 0 Å². The molecule has 0 spiro atoms. The van der Waals surface area contributed by atoms with Gasteiger partial charge in [-0.3, -0.25) is 0 Å². The summed E-state index contributed by atoms with van der Waals surface area (Å²) >= 11 is 5.90. The first kappa shape index (κ1) is 9.49. The third kappa shape index (κ3) is 2.24. The first-order valence-corrected chi connectivity index (χ1v) is 6.08. The predicted molar refractivity (Wildman–Crippen MR) is 57.6 cm³/mol. The lowest BCUT2D eigenvalue weighted by Gasteiger charge is -2.03. The monoisotopic (exact) mass is 215 g/mol. The molecule has 0 aromatic carbocycles. The summed E-state index contributed by atoms with van der Waals surface area (Å²) in [5.74, 6) is 0.870. The van der Waals surface area contributed by atoms with E-state index < -0.39 is 0 Å². The molecular formula is C9H13NOS2. The molecule has 0 bridgehead atoms. The molecule has 2 rings (SSSR count). The number of thiol groups is 1. The Morgan fingerprint density at radius 2 is 2.62 bits per heavy atom. The highest BCUT2D eigenvalue weighted by molar-refractivity contribution is 7.80. The van der Waals surface area contributed by atoms with Crippen molar-refractivity contribution in [3.8, 4) is 0 Å². The molecule has 2 heterocycles. The fraction of sp³-hybridized carbons (Fsp3) is 0.667. The van der Waals surface area contributed by atoms with Gasteiger partial charge in [-0.05, 0) is 25.0 Å². The van der Waals surface area contributed by atoms with Gasteiger partial charge in [0.15, 0.2) is 0 Å². The van der Waals surface area contributed by atoms with Gasteiger partial charge in [0.1, 0.15) is 11.1 Å². The quantitative estimate of drug-likeness (QED) is 0.782. The Morgan fingerprint density at radius 3 is 3.31 bits per heavy atom. The number of rotatable bonds is 3. The van der Waals surface area contributed by atoms with Crippen molar-refractivity contribution in [2.24, 2.45) is 0 Å². The van der Waals surface area contributed by atoms with Crippen LogP contribution in [0.2, 0.25) is 0 Å². The molecule has 13 heavy (non-hydrogen) atoms. The molecule has 4 heteroatoms. The summed E-state index contributed by atoms with van der Waals surface area (Å²) in [7, 11) is 0. The van der Waals surface area contributed by atoms with Crippen LogP contribution in [-0.2, 0) is 11.2 Å². The van der Waals surface area contributed by atoms with Crippen LogP contribution >= 0.6 is 24.0 Å². The highest BCUT2D eigenvalue weighted by Gasteiger charge is 2.20. The molecule has 1 aliphatic heterocycles. The van der Waals surface area contributed by atoms with Gasteiger partial charge >= 0.3 is 0 Å². The van der Waals surface area contributed by atoms with Gasteiger partial charge in [0, 0.05) is 12.0 Å². The minimum Gasteiger partial charge on any atom is -0.371 e. The summed E-state index contributed by atoms with van der Waals surface area (Å²) in [5.41, 5.74) is 1.16. The summed E-state index contributed by atoms with van der Waals surface area (Å²) in [6.07, 6.45) is 3.55. The fourth-order valence-electron chi connectivity index (χ4n) is 1.47. The van der Waals surface area contributed by atoms with E-state index in [2.05, 4.69) is 23.0 Å². The zero-order valence-corrected chi connectivity index (χ0v) is 9.11. The van der Waals surface area contributed by atoms with Gasteiger partial charge in [0.2, 0.25) is 0 Å². The van der Waals surface area contributed by atoms with Crippen LogP contribution in [0.1, 0.15) is 29.6 Å². The maximum absolute atomic E-state index is 5.56. The van der Waals surface area contributed by atoms with E-state index in [1.165, 1.54) is 6.42 Å². The Balaban J connectivity index is 2.03. The van der Waals surface area contributed by atoms with Gasteiger partial charge in [-0.15, -0.1) is 11.3 Å². The van der Waals surface area contributed by atoms with E-state index >= 15 is 0 Å². The number of hydrogen-bond donors (Lipinski definition) is 1. The zero-order valence-electron chi connectivity index (χ0n) is 7.40. The molecule has 72 valence electrons. The van der Waals surface area contributed by atoms with Crippen LogP contribution in [0.15, 0.2) is 5.38 Å². The molecule has 1 aliphatic rings. The molecular weight excluding hydrogens is 202 g/mol. The second-order valence-electron chi connectivity index (χ2n) is 3.15. The van der Waals surface area contributed by atoms with Crippen molar-refractivity contribution >= 4 is 24.0 Å². The number of aryl methyl sites for hydroxylation is 1. The summed E-state index contributed by atoms with van der Waals surface area (Å²) in [5, 5.41) is 3.27. The van der Waals surface area contributed by atoms with E-state index in [0.717, 1.165) is 35.9 Å². The molecule has 0 aliphatic carbocycles. The zero-order chi connectivity index (χ0) is 9.10. The number of aromatic nitrogens is 1. The molecule has 2 nitrogen and oxygen atoms in total. The average molecular weight is 215 g/mol. The molecule has 0 amide bonds. The molecule has 1 saturated heterocycles. The number of ether oxygens (including phenoxy) is 1. The second-order valence-corrected chi connectivity index (χ2v) is 4.49. The Kier molecular flexibility index (Phi) is 3.24. The maximum Gasteiger partial charge on any atom is 0.122 e. The van der Waals surface area contributed by atoms with Crippen molar-refractivity contribution in [3.63, 3.8) is 0 Å². The highest BCUT2D eigenvalue weighted by Crippen LogP contribution is 2.30. The maximum atomic E-state index is 5.56. The van der Waals surface area contributed by atoms with Crippen LogP contribution in [-0.4, -0.2) is 17.3 Å². The smallest absolute Gasteiger partial charge is 0.122 e. The first-order valence-electron chi connectivity index (χ1n) is 4.57. The van der Waals surface area contributed by atoms with Crippen LogP contribution in [0.4, 0.5) is 0 Å². The average Bonchev–Trinajstić information content (AvgIpc) is 2.70. The van der Waals surface area contributed by atoms with E-state index in [4.69, 9.17) is 4.74 Å². The Bertz CT molecular complexity index is 268. The Labute approximate surface area is 87.7 Å². The van der Waals surface area contributed by atoms with Gasteiger partial charge in [0.25, 0.3) is 0 Å². The largest absolute Gasteiger partial charge is 0.371 e. The molecule has 0 saturated carbocycles. The van der Waals surface area contributed by atoms with Crippen LogP contribution < -0.4 is 0 Å².